The van der Waals surface area contributed by atoms with E-state index in [1.54, 1.807) is 4.90 Å². The van der Waals surface area contributed by atoms with Gasteiger partial charge in [0, 0.05) is 26.4 Å². The zero-order valence-corrected chi connectivity index (χ0v) is 10.5. The van der Waals surface area contributed by atoms with Crippen molar-refractivity contribution in [3.05, 3.63) is 23.9 Å². The van der Waals surface area contributed by atoms with Gasteiger partial charge in [-0.25, -0.2) is 4.98 Å². The van der Waals surface area contributed by atoms with Gasteiger partial charge in [0.05, 0.1) is 24.9 Å². The summed E-state index contributed by atoms with van der Waals surface area (Å²) in [6.45, 7) is 1.45. The van der Waals surface area contributed by atoms with E-state index < -0.39 is 11.7 Å². The fourth-order valence-electron chi connectivity index (χ4n) is 2.07. The number of rotatable bonds is 3. The second-order valence-electron chi connectivity index (χ2n) is 4.27. The predicted octanol–water partition coefficient (Wildman–Crippen LogP) is 1.95. The number of alkyl halides is 3. The molecule has 0 spiro atoms. The van der Waals surface area contributed by atoms with Gasteiger partial charge < -0.3 is 14.4 Å². The Labute approximate surface area is 109 Å². The summed E-state index contributed by atoms with van der Waals surface area (Å²) in [5, 5.41) is 0. The van der Waals surface area contributed by atoms with Crippen LogP contribution < -0.4 is 4.90 Å². The highest BCUT2D eigenvalue weighted by atomic mass is 19.4. The number of ether oxygens (including phenoxy) is 2. The Hall–Kier alpha value is -1.34. The van der Waals surface area contributed by atoms with Crippen LogP contribution in [-0.4, -0.2) is 44.5 Å². The molecule has 0 N–H and O–H groups in total. The van der Waals surface area contributed by atoms with E-state index in [9.17, 15) is 13.2 Å². The molecule has 1 aromatic rings. The van der Waals surface area contributed by atoms with Crippen molar-refractivity contribution < 1.29 is 22.6 Å². The van der Waals surface area contributed by atoms with Crippen LogP contribution in [0, 0.1) is 0 Å². The first kappa shape index (κ1) is 14.1. The number of halogens is 3. The SMILES string of the molecule is COCC1CN(c2ncccc2C(F)(F)F)CCO1. The fraction of sp³-hybridized carbons (Fsp3) is 0.583. The average Bonchev–Trinajstić information content (AvgIpc) is 2.38. The summed E-state index contributed by atoms with van der Waals surface area (Å²) in [7, 11) is 1.53. The van der Waals surface area contributed by atoms with E-state index in [-0.39, 0.29) is 11.9 Å². The molecular weight excluding hydrogens is 261 g/mol. The second kappa shape index (κ2) is 5.75. The summed E-state index contributed by atoms with van der Waals surface area (Å²) in [4.78, 5) is 5.47. The molecule has 1 aromatic heterocycles. The lowest BCUT2D eigenvalue weighted by Crippen LogP contribution is -2.45. The summed E-state index contributed by atoms with van der Waals surface area (Å²) < 4.78 is 49.2. The number of aromatic nitrogens is 1. The number of methoxy groups -OCH3 is 1. The molecule has 2 heterocycles. The van der Waals surface area contributed by atoms with Gasteiger partial charge in [0.25, 0.3) is 0 Å². The van der Waals surface area contributed by atoms with Crippen molar-refractivity contribution in [2.45, 2.75) is 12.3 Å². The first-order chi connectivity index (χ1) is 9.02. The van der Waals surface area contributed by atoms with Crippen molar-refractivity contribution in [1.29, 1.82) is 0 Å². The van der Waals surface area contributed by atoms with E-state index >= 15 is 0 Å². The van der Waals surface area contributed by atoms with E-state index in [1.807, 2.05) is 0 Å². The van der Waals surface area contributed by atoms with Gasteiger partial charge in [0.2, 0.25) is 0 Å². The molecule has 106 valence electrons. The van der Waals surface area contributed by atoms with E-state index in [4.69, 9.17) is 9.47 Å². The zero-order valence-electron chi connectivity index (χ0n) is 10.5. The summed E-state index contributed by atoms with van der Waals surface area (Å²) >= 11 is 0. The number of hydrogen-bond donors (Lipinski definition) is 0. The Morgan fingerprint density at radius 1 is 1.53 bits per heavy atom. The van der Waals surface area contributed by atoms with E-state index in [1.165, 1.54) is 19.4 Å². The largest absolute Gasteiger partial charge is 0.419 e. The molecule has 0 aromatic carbocycles. The highest BCUT2D eigenvalue weighted by Crippen LogP contribution is 2.35. The molecule has 1 aliphatic heterocycles. The van der Waals surface area contributed by atoms with Crippen molar-refractivity contribution in [2.24, 2.45) is 0 Å². The van der Waals surface area contributed by atoms with Crippen molar-refractivity contribution in [3.63, 3.8) is 0 Å². The highest BCUT2D eigenvalue weighted by molar-refractivity contribution is 5.48. The van der Waals surface area contributed by atoms with Crippen molar-refractivity contribution in [1.82, 2.24) is 4.98 Å². The van der Waals surface area contributed by atoms with Crippen LogP contribution in [0.25, 0.3) is 0 Å². The van der Waals surface area contributed by atoms with Crippen molar-refractivity contribution in [2.75, 3.05) is 38.3 Å². The molecule has 2 rings (SSSR count). The summed E-state index contributed by atoms with van der Waals surface area (Å²) in [6.07, 6.45) is -3.27. The van der Waals surface area contributed by atoms with Crippen LogP contribution in [-0.2, 0) is 15.7 Å². The third-order valence-corrected chi connectivity index (χ3v) is 2.88. The minimum absolute atomic E-state index is 0.0422. The number of pyridine rings is 1. The van der Waals surface area contributed by atoms with Crippen LogP contribution >= 0.6 is 0 Å². The fourth-order valence-corrected chi connectivity index (χ4v) is 2.07. The molecule has 0 radical (unpaired) electrons. The number of anilines is 1. The summed E-state index contributed by atoms with van der Waals surface area (Å²) in [5.74, 6) is -0.0422. The number of nitrogens with zero attached hydrogens (tertiary/aromatic N) is 2. The molecule has 1 fully saturated rings. The smallest absolute Gasteiger partial charge is 0.382 e. The van der Waals surface area contributed by atoms with Gasteiger partial charge in [-0.2, -0.15) is 13.2 Å². The van der Waals surface area contributed by atoms with E-state index in [0.717, 1.165) is 6.07 Å². The van der Waals surface area contributed by atoms with Crippen LogP contribution in [0.4, 0.5) is 19.0 Å². The quantitative estimate of drug-likeness (QED) is 0.845. The molecular formula is C12H15F3N2O2. The first-order valence-electron chi connectivity index (χ1n) is 5.90. The van der Waals surface area contributed by atoms with Gasteiger partial charge in [-0.05, 0) is 12.1 Å². The Bertz CT molecular complexity index is 424. The standard InChI is InChI=1S/C12H15F3N2O2/c1-18-8-9-7-17(5-6-19-9)11-10(12(13,14)15)3-2-4-16-11/h2-4,9H,5-8H2,1H3. The first-order valence-corrected chi connectivity index (χ1v) is 5.90. The number of hydrogen-bond acceptors (Lipinski definition) is 4. The maximum absolute atomic E-state index is 12.9. The highest BCUT2D eigenvalue weighted by Gasteiger charge is 2.36. The predicted molar refractivity (Wildman–Crippen MR) is 63.1 cm³/mol. The van der Waals surface area contributed by atoms with Crippen molar-refractivity contribution >= 4 is 5.82 Å². The van der Waals surface area contributed by atoms with Crippen molar-refractivity contribution in [3.8, 4) is 0 Å². The van der Waals surface area contributed by atoms with Gasteiger partial charge in [0.1, 0.15) is 5.82 Å². The molecule has 4 nitrogen and oxygen atoms in total. The minimum atomic E-state index is -4.40. The second-order valence-corrected chi connectivity index (χ2v) is 4.27. The molecule has 1 atom stereocenters. The van der Waals surface area contributed by atoms with Gasteiger partial charge in [0.15, 0.2) is 0 Å². The Morgan fingerprint density at radius 2 is 2.32 bits per heavy atom. The Morgan fingerprint density at radius 3 is 3.00 bits per heavy atom. The molecule has 19 heavy (non-hydrogen) atoms. The summed E-state index contributed by atoms with van der Waals surface area (Å²) in [6, 6.07) is 2.34. The lowest BCUT2D eigenvalue weighted by atomic mass is 10.2. The third kappa shape index (κ3) is 3.36. The monoisotopic (exact) mass is 276 g/mol. The van der Waals surface area contributed by atoms with Crippen LogP contribution in [0.5, 0.6) is 0 Å². The molecule has 7 heteroatoms. The molecule has 1 saturated heterocycles. The number of morpholine rings is 1. The van der Waals surface area contributed by atoms with Crippen LogP contribution in [0.15, 0.2) is 18.3 Å². The average molecular weight is 276 g/mol. The zero-order chi connectivity index (χ0) is 13.9. The van der Waals surface area contributed by atoms with Crippen LogP contribution in [0.2, 0.25) is 0 Å². The van der Waals surface area contributed by atoms with Gasteiger partial charge >= 0.3 is 6.18 Å². The van der Waals surface area contributed by atoms with Gasteiger partial charge in [-0.15, -0.1) is 0 Å². The maximum atomic E-state index is 12.9. The lowest BCUT2D eigenvalue weighted by Gasteiger charge is -2.34. The molecule has 1 aliphatic rings. The minimum Gasteiger partial charge on any atom is -0.382 e. The van der Waals surface area contributed by atoms with E-state index in [2.05, 4.69) is 4.98 Å². The maximum Gasteiger partial charge on any atom is 0.419 e. The topological polar surface area (TPSA) is 34.6 Å². The Kier molecular flexibility index (Phi) is 4.26. The third-order valence-electron chi connectivity index (χ3n) is 2.88. The van der Waals surface area contributed by atoms with Crippen LogP contribution in [0.3, 0.4) is 0 Å². The molecule has 0 amide bonds. The molecule has 0 bridgehead atoms. The van der Waals surface area contributed by atoms with Gasteiger partial charge in [-0.3, -0.25) is 0 Å². The lowest BCUT2D eigenvalue weighted by molar-refractivity contribution is -0.137. The molecule has 0 aliphatic carbocycles. The van der Waals surface area contributed by atoms with Crippen LogP contribution in [0.1, 0.15) is 5.56 Å². The van der Waals surface area contributed by atoms with Gasteiger partial charge in [-0.1, -0.05) is 0 Å². The van der Waals surface area contributed by atoms with E-state index in [0.29, 0.717) is 26.3 Å². The molecule has 1 unspecified atom stereocenters. The normalized spacial score (nSPS) is 20.6. The Balaban J connectivity index is 2.21. The molecule has 0 saturated carbocycles. The summed E-state index contributed by atoms with van der Waals surface area (Å²) in [5.41, 5.74) is -0.715.